The van der Waals surface area contributed by atoms with E-state index in [1.807, 2.05) is 0 Å². The Labute approximate surface area is 182 Å². The maximum absolute atomic E-state index is 9.69. The molecule has 0 aromatic heterocycles. The fourth-order valence-corrected chi connectivity index (χ4v) is 7.87. The van der Waals surface area contributed by atoms with Crippen LogP contribution in [0.4, 0.5) is 10.7 Å². The molecule has 0 spiro atoms. The summed E-state index contributed by atoms with van der Waals surface area (Å²) in [5.41, 5.74) is 1.39. The molecule has 0 amide bonds. The summed E-state index contributed by atoms with van der Waals surface area (Å²) in [4.78, 5) is 0. The second kappa shape index (κ2) is 11.1. The molecule has 4 aromatic carbocycles. The molecule has 0 bridgehead atoms. The first-order chi connectivity index (χ1) is 14.6. The van der Waals surface area contributed by atoms with Gasteiger partial charge in [0.05, 0.1) is 6.16 Å². The molecule has 0 unspecified atom stereocenters. The first-order valence-corrected chi connectivity index (χ1v) is 12.4. The van der Waals surface area contributed by atoms with E-state index in [4.69, 9.17) is 0 Å². The standard InChI is InChI=1S/C25H22P.Cu.3FH/c1-5-13-22(14-6-1)21-26(23-15-7-2-8-16-23,24-17-9-3-10-18-24)25-19-11-4-12-20-25;;;;/h1-20H,21H2;;3*1H/q+1;+2;;;/p-3. The average molecular weight is 474 g/mol. The van der Waals surface area contributed by atoms with Gasteiger partial charge in [-0.1, -0.05) is 84.9 Å². The van der Waals surface area contributed by atoms with E-state index in [9.17, 15) is 10.7 Å². The molecule has 0 saturated heterocycles. The van der Waals surface area contributed by atoms with Crippen molar-refractivity contribution in [2.75, 3.05) is 0 Å². The minimum atomic E-state index is -3.81. The van der Waals surface area contributed by atoms with Crippen LogP contribution >= 0.6 is 7.26 Å². The minimum absolute atomic E-state index is 1.03. The number of rotatable bonds is 5. The van der Waals surface area contributed by atoms with Crippen molar-refractivity contribution in [1.29, 1.82) is 0 Å². The Bertz CT molecular complexity index is 898. The van der Waals surface area contributed by atoms with Crippen molar-refractivity contribution < 1.29 is 25.9 Å². The number of hydrogen-bond acceptors (Lipinski definition) is 0. The molecule has 0 nitrogen and oxygen atoms in total. The summed E-state index contributed by atoms with van der Waals surface area (Å²) in [7, 11) is -1.78. The van der Waals surface area contributed by atoms with Crippen LogP contribution in [0.25, 0.3) is 0 Å². The molecule has 0 aliphatic rings. The predicted octanol–water partition coefficient (Wildman–Crippen LogP) is 6.44. The van der Waals surface area contributed by atoms with Crippen LogP contribution in [0, 0.1) is 0 Å². The van der Waals surface area contributed by atoms with Gasteiger partial charge in [0.25, 0.3) is 0 Å². The van der Waals surface area contributed by atoms with Crippen LogP contribution in [0.5, 0.6) is 0 Å². The molecule has 0 radical (unpaired) electrons. The van der Waals surface area contributed by atoms with E-state index in [1.165, 1.54) is 21.5 Å². The smallest absolute Gasteiger partial charge is 0.0622 e. The summed E-state index contributed by atoms with van der Waals surface area (Å²) in [6.45, 7) is 0. The van der Waals surface area contributed by atoms with E-state index in [2.05, 4.69) is 121 Å². The summed E-state index contributed by atoms with van der Waals surface area (Å²) < 4.78 is 29.1. The van der Waals surface area contributed by atoms with Gasteiger partial charge in [0, 0.05) is 0 Å². The van der Waals surface area contributed by atoms with E-state index < -0.39 is 22.5 Å². The van der Waals surface area contributed by atoms with Gasteiger partial charge in [-0.15, -0.1) is 0 Å². The number of halogens is 3. The second-order valence-electron chi connectivity index (χ2n) is 6.59. The molecule has 4 rings (SSSR count). The van der Waals surface area contributed by atoms with E-state index in [-0.39, 0.29) is 0 Å². The minimum Gasteiger partial charge on any atom is -0.0622 e. The van der Waals surface area contributed by atoms with E-state index in [1.54, 1.807) is 0 Å². The molecule has 0 N–H and O–H groups in total. The van der Waals surface area contributed by atoms with E-state index in [0.717, 1.165) is 6.16 Å². The third kappa shape index (κ3) is 5.61. The number of hydrogen-bond donors (Lipinski definition) is 0. The Hall–Kier alpha value is -2.38. The van der Waals surface area contributed by atoms with Crippen LogP contribution in [0.15, 0.2) is 121 Å². The molecule has 30 heavy (non-hydrogen) atoms. The van der Waals surface area contributed by atoms with Gasteiger partial charge in [0.15, 0.2) is 0 Å². The number of benzene rings is 4. The van der Waals surface area contributed by atoms with Gasteiger partial charge in [-0.2, -0.15) is 0 Å². The third-order valence-electron chi connectivity index (χ3n) is 4.85. The van der Waals surface area contributed by atoms with Crippen LogP contribution < -0.4 is 15.9 Å². The molecule has 5 heteroatoms. The largest absolute Gasteiger partial charge is 0.116 e. The molecule has 159 valence electrons. The van der Waals surface area contributed by atoms with Gasteiger partial charge >= 0.3 is 25.9 Å². The molecular weight excluding hydrogens is 452 g/mol. The maximum Gasteiger partial charge on any atom is 0.116 e. The van der Waals surface area contributed by atoms with Crippen molar-refractivity contribution in [2.24, 2.45) is 0 Å². The van der Waals surface area contributed by atoms with Crippen molar-refractivity contribution in [1.82, 2.24) is 0 Å². The van der Waals surface area contributed by atoms with Gasteiger partial charge in [-0.3, -0.25) is 0 Å². The first kappa shape index (κ1) is 22.3. The van der Waals surface area contributed by atoms with Crippen LogP contribution in [0.1, 0.15) is 5.56 Å². The maximum atomic E-state index is 9.69. The van der Waals surface area contributed by atoms with Gasteiger partial charge in [0.1, 0.15) is 23.2 Å². The second-order valence-corrected chi connectivity index (χ2v) is 10.5. The molecule has 0 saturated carbocycles. The van der Waals surface area contributed by atoms with Crippen molar-refractivity contribution in [2.45, 2.75) is 6.16 Å². The fourth-order valence-electron chi connectivity index (χ4n) is 3.63. The van der Waals surface area contributed by atoms with Gasteiger partial charge in [-0.25, -0.2) is 0 Å². The van der Waals surface area contributed by atoms with Gasteiger partial charge < -0.3 is 0 Å². The first-order valence-electron chi connectivity index (χ1n) is 9.33. The summed E-state index contributed by atoms with van der Waals surface area (Å²) in [6, 6.07) is 44.0. The third-order valence-corrected chi connectivity index (χ3v) is 9.23. The molecule has 0 fully saturated rings. The van der Waals surface area contributed by atoms with Crippen molar-refractivity contribution in [3.05, 3.63) is 127 Å². The average Bonchev–Trinajstić information content (AvgIpc) is 2.80. The van der Waals surface area contributed by atoms with Crippen LogP contribution in [0.3, 0.4) is 0 Å². The van der Waals surface area contributed by atoms with Crippen LogP contribution in [-0.2, 0) is 21.4 Å². The molecule has 0 atom stereocenters. The van der Waals surface area contributed by atoms with Crippen molar-refractivity contribution in [3.8, 4) is 0 Å². The quantitative estimate of drug-likeness (QED) is 0.231. The molecule has 0 aliphatic heterocycles. The van der Waals surface area contributed by atoms with Crippen LogP contribution in [0.2, 0.25) is 0 Å². The van der Waals surface area contributed by atoms with E-state index >= 15 is 0 Å². The Morgan fingerprint density at radius 3 is 1.03 bits per heavy atom. The zero-order valence-corrected chi connectivity index (χ0v) is 18.0. The van der Waals surface area contributed by atoms with Gasteiger partial charge in [0.2, 0.25) is 0 Å². The summed E-state index contributed by atoms with van der Waals surface area (Å²) in [6.07, 6.45) is 1.03. The van der Waals surface area contributed by atoms with Crippen molar-refractivity contribution >= 4 is 23.2 Å². The predicted molar refractivity (Wildman–Crippen MR) is 119 cm³/mol. The Morgan fingerprint density at radius 1 is 0.467 bits per heavy atom. The Kier molecular flexibility index (Phi) is 8.28. The van der Waals surface area contributed by atoms with E-state index in [0.29, 0.717) is 0 Å². The molecular formula is C25H22CuF3P. The Balaban J connectivity index is 0.000000589. The zero-order valence-electron chi connectivity index (χ0n) is 16.1. The topological polar surface area (TPSA) is 0 Å². The summed E-state index contributed by atoms with van der Waals surface area (Å²) in [5, 5.41) is 4.30. The molecule has 0 heterocycles. The SMILES string of the molecule is [F][Cu-]([F])[F].c1ccc(C[P+](c2ccccc2)(c2ccccc2)c2ccccc2)cc1. The molecule has 0 aliphatic carbocycles. The van der Waals surface area contributed by atoms with Crippen molar-refractivity contribution in [3.63, 3.8) is 0 Å². The van der Waals surface area contributed by atoms with Gasteiger partial charge in [-0.05, 0) is 42.0 Å². The summed E-state index contributed by atoms with van der Waals surface area (Å²) in [5.74, 6) is 0. The zero-order chi connectivity index (χ0) is 21.2. The molecule has 4 aromatic rings. The summed E-state index contributed by atoms with van der Waals surface area (Å²) >= 11 is -3.81. The Morgan fingerprint density at radius 2 is 0.733 bits per heavy atom. The fraction of sp³-hybridized carbons (Fsp3) is 0.0400. The normalized spacial score (nSPS) is 11.2. The van der Waals surface area contributed by atoms with Crippen LogP contribution in [-0.4, -0.2) is 0 Å². The monoisotopic (exact) mass is 473 g/mol.